The molecule has 2 rings (SSSR count). The summed E-state index contributed by atoms with van der Waals surface area (Å²) in [6, 6.07) is -0.0469. The van der Waals surface area contributed by atoms with Crippen LogP contribution in [-0.2, 0) is 11.8 Å². The number of likely N-dealkylation sites (tertiary alicyclic amines) is 1. The summed E-state index contributed by atoms with van der Waals surface area (Å²) in [6.07, 6.45) is 4.21. The Hall–Kier alpha value is -2.05. The van der Waals surface area contributed by atoms with E-state index >= 15 is 0 Å². The van der Waals surface area contributed by atoms with Gasteiger partial charge in [-0.15, -0.1) is 0 Å². The molecule has 1 fully saturated rings. The van der Waals surface area contributed by atoms with E-state index in [0.717, 1.165) is 5.56 Å². The van der Waals surface area contributed by atoms with Gasteiger partial charge in [0.05, 0.1) is 12.2 Å². The smallest absolute Gasteiger partial charge is 0.223 e. The van der Waals surface area contributed by atoms with E-state index in [1.165, 1.54) is 0 Å². The predicted molar refractivity (Wildman–Crippen MR) is 81.3 cm³/mol. The summed E-state index contributed by atoms with van der Waals surface area (Å²) in [5.74, 6) is 0.247. The van der Waals surface area contributed by atoms with Gasteiger partial charge >= 0.3 is 0 Å². The molecule has 1 amide bonds. The summed E-state index contributed by atoms with van der Waals surface area (Å²) in [7, 11) is 1.87. The van der Waals surface area contributed by atoms with Crippen molar-refractivity contribution in [1.82, 2.24) is 14.7 Å². The summed E-state index contributed by atoms with van der Waals surface area (Å²) in [6.45, 7) is 6.56. The Kier molecular flexibility index (Phi) is 3.93. The van der Waals surface area contributed by atoms with Gasteiger partial charge in [0.2, 0.25) is 5.91 Å². The standard InChI is InChI=1S/C14H24N6O/c1-14(2,3)20-11(21)5-9(6-17-13(15)16)12(20)10-7-18-19(4)8-10/h7-9,12H,5-6H2,1-4H3,(H4,15,16,17)/t9-,12+/m0/s1. The van der Waals surface area contributed by atoms with Crippen LogP contribution in [0, 0.1) is 5.92 Å². The molecule has 1 aliphatic rings. The van der Waals surface area contributed by atoms with E-state index in [4.69, 9.17) is 11.5 Å². The van der Waals surface area contributed by atoms with Crippen molar-refractivity contribution in [3.63, 3.8) is 0 Å². The molecule has 0 aromatic carbocycles. The summed E-state index contributed by atoms with van der Waals surface area (Å²) >= 11 is 0. The minimum atomic E-state index is -0.260. The molecule has 116 valence electrons. The van der Waals surface area contributed by atoms with E-state index < -0.39 is 0 Å². The Morgan fingerprint density at radius 1 is 1.48 bits per heavy atom. The molecule has 0 unspecified atom stereocenters. The lowest BCUT2D eigenvalue weighted by molar-refractivity contribution is -0.133. The van der Waals surface area contributed by atoms with Gasteiger partial charge in [-0.05, 0) is 20.8 Å². The highest BCUT2D eigenvalue weighted by Gasteiger charge is 2.45. The van der Waals surface area contributed by atoms with Gasteiger partial charge in [0, 0.05) is 43.2 Å². The summed E-state index contributed by atoms with van der Waals surface area (Å²) in [5, 5.41) is 4.23. The zero-order chi connectivity index (χ0) is 15.8. The van der Waals surface area contributed by atoms with E-state index in [0.29, 0.717) is 13.0 Å². The van der Waals surface area contributed by atoms with Gasteiger partial charge in [0.1, 0.15) is 0 Å². The van der Waals surface area contributed by atoms with Gasteiger partial charge in [-0.2, -0.15) is 5.10 Å². The minimum Gasteiger partial charge on any atom is -0.370 e. The number of guanidine groups is 1. The van der Waals surface area contributed by atoms with Crippen LogP contribution in [0.1, 0.15) is 38.8 Å². The summed E-state index contributed by atoms with van der Waals surface area (Å²) in [4.78, 5) is 18.5. The van der Waals surface area contributed by atoms with E-state index in [9.17, 15) is 4.79 Å². The number of nitrogens with two attached hydrogens (primary N) is 2. The van der Waals surface area contributed by atoms with Crippen molar-refractivity contribution in [3.05, 3.63) is 18.0 Å². The fraction of sp³-hybridized carbons (Fsp3) is 0.643. The number of rotatable bonds is 3. The van der Waals surface area contributed by atoms with Crippen molar-refractivity contribution in [3.8, 4) is 0 Å². The lowest BCUT2D eigenvalue weighted by Crippen LogP contribution is -2.44. The Morgan fingerprint density at radius 3 is 2.62 bits per heavy atom. The summed E-state index contributed by atoms with van der Waals surface area (Å²) < 4.78 is 1.75. The molecule has 0 radical (unpaired) electrons. The average Bonchev–Trinajstić information content (AvgIpc) is 2.89. The molecule has 21 heavy (non-hydrogen) atoms. The molecular formula is C14H24N6O. The molecular weight excluding hydrogens is 268 g/mol. The highest BCUT2D eigenvalue weighted by atomic mass is 16.2. The number of carbonyl (C=O) groups is 1. The average molecular weight is 292 g/mol. The monoisotopic (exact) mass is 292 g/mol. The molecule has 1 aromatic rings. The predicted octanol–water partition coefficient (Wildman–Crippen LogP) is 0.382. The second-order valence-electron chi connectivity index (χ2n) is 6.56. The first-order valence-corrected chi connectivity index (χ1v) is 7.06. The van der Waals surface area contributed by atoms with Crippen LogP contribution in [0.5, 0.6) is 0 Å². The topological polar surface area (TPSA) is 103 Å². The van der Waals surface area contributed by atoms with Crippen molar-refractivity contribution in [2.24, 2.45) is 29.4 Å². The fourth-order valence-corrected chi connectivity index (χ4v) is 2.99. The Balaban J connectivity index is 2.37. The third-order valence-corrected chi connectivity index (χ3v) is 3.73. The number of hydrogen-bond donors (Lipinski definition) is 2. The quantitative estimate of drug-likeness (QED) is 0.621. The van der Waals surface area contributed by atoms with Gasteiger partial charge in [0.25, 0.3) is 0 Å². The summed E-state index contributed by atoms with van der Waals surface area (Å²) in [5.41, 5.74) is 11.6. The zero-order valence-corrected chi connectivity index (χ0v) is 13.1. The zero-order valence-electron chi connectivity index (χ0n) is 13.1. The molecule has 7 heteroatoms. The molecule has 1 aromatic heterocycles. The second-order valence-corrected chi connectivity index (χ2v) is 6.56. The molecule has 0 spiro atoms. The maximum Gasteiger partial charge on any atom is 0.223 e. The van der Waals surface area contributed by atoms with Crippen LogP contribution in [0.4, 0.5) is 0 Å². The van der Waals surface area contributed by atoms with Crippen LogP contribution in [0.15, 0.2) is 17.4 Å². The third-order valence-electron chi connectivity index (χ3n) is 3.73. The van der Waals surface area contributed by atoms with Gasteiger partial charge in [0.15, 0.2) is 5.96 Å². The fourth-order valence-electron chi connectivity index (χ4n) is 2.99. The molecule has 1 aliphatic heterocycles. The van der Waals surface area contributed by atoms with Gasteiger partial charge in [-0.25, -0.2) is 0 Å². The Bertz CT molecular complexity index is 552. The van der Waals surface area contributed by atoms with Crippen LogP contribution in [-0.4, -0.2) is 38.6 Å². The first kappa shape index (κ1) is 15.3. The largest absolute Gasteiger partial charge is 0.370 e. The van der Waals surface area contributed by atoms with Crippen LogP contribution >= 0.6 is 0 Å². The van der Waals surface area contributed by atoms with Crippen molar-refractivity contribution < 1.29 is 4.79 Å². The minimum absolute atomic E-state index is 0.0469. The normalized spacial score (nSPS) is 22.7. The first-order valence-electron chi connectivity index (χ1n) is 7.06. The van der Waals surface area contributed by atoms with Crippen LogP contribution in [0.25, 0.3) is 0 Å². The highest BCUT2D eigenvalue weighted by molar-refractivity contribution is 5.81. The second kappa shape index (κ2) is 5.38. The molecule has 2 atom stereocenters. The number of hydrogen-bond acceptors (Lipinski definition) is 3. The van der Waals surface area contributed by atoms with E-state index in [1.807, 2.05) is 45.1 Å². The molecule has 2 heterocycles. The molecule has 4 N–H and O–H groups in total. The third kappa shape index (κ3) is 3.17. The Labute approximate surface area is 125 Å². The number of aliphatic imine (C=N–C) groups is 1. The molecule has 7 nitrogen and oxygen atoms in total. The SMILES string of the molecule is Cn1cc([C@H]2[C@H](CN=C(N)N)CC(=O)N2C(C)(C)C)cn1. The van der Waals surface area contributed by atoms with Crippen LogP contribution in [0.3, 0.4) is 0 Å². The van der Waals surface area contributed by atoms with E-state index in [1.54, 1.807) is 4.68 Å². The highest BCUT2D eigenvalue weighted by Crippen LogP contribution is 2.42. The van der Waals surface area contributed by atoms with Crippen molar-refractivity contribution in [2.45, 2.75) is 38.8 Å². The maximum atomic E-state index is 12.5. The lowest BCUT2D eigenvalue weighted by Gasteiger charge is -2.38. The van der Waals surface area contributed by atoms with E-state index in [2.05, 4.69) is 10.1 Å². The Morgan fingerprint density at radius 2 is 2.14 bits per heavy atom. The maximum absolute atomic E-state index is 12.5. The molecule has 0 saturated carbocycles. The van der Waals surface area contributed by atoms with Crippen LogP contribution < -0.4 is 11.5 Å². The van der Waals surface area contributed by atoms with Crippen molar-refractivity contribution in [1.29, 1.82) is 0 Å². The van der Waals surface area contributed by atoms with Crippen molar-refractivity contribution >= 4 is 11.9 Å². The van der Waals surface area contributed by atoms with Gasteiger partial charge < -0.3 is 16.4 Å². The number of carbonyl (C=O) groups excluding carboxylic acids is 1. The molecule has 0 bridgehead atoms. The van der Waals surface area contributed by atoms with Gasteiger partial charge in [-0.3, -0.25) is 14.5 Å². The number of aromatic nitrogens is 2. The lowest BCUT2D eigenvalue weighted by atomic mass is 9.93. The first-order chi connectivity index (χ1) is 9.70. The van der Waals surface area contributed by atoms with Gasteiger partial charge in [-0.1, -0.05) is 0 Å². The van der Waals surface area contributed by atoms with Crippen LogP contribution in [0.2, 0.25) is 0 Å². The molecule has 0 aliphatic carbocycles. The molecule has 1 saturated heterocycles. The number of amides is 1. The number of aryl methyl sites for hydroxylation is 1. The van der Waals surface area contributed by atoms with Crippen molar-refractivity contribution in [2.75, 3.05) is 6.54 Å². The number of nitrogens with zero attached hydrogens (tertiary/aromatic N) is 4. The van der Waals surface area contributed by atoms with E-state index in [-0.39, 0.29) is 29.4 Å².